The molecule has 1 rings (SSSR count). The molecule has 1 aliphatic heterocycles. The summed E-state index contributed by atoms with van der Waals surface area (Å²) in [6, 6.07) is 0. The third-order valence-electron chi connectivity index (χ3n) is 3.26. The number of nitrogens with one attached hydrogen (secondary N) is 1. The molecule has 5 heteroatoms. The maximum atomic E-state index is 12.6. The van der Waals surface area contributed by atoms with E-state index in [1.807, 2.05) is 0 Å². The molecule has 5 nitrogen and oxygen atoms in total. The fourth-order valence-electron chi connectivity index (χ4n) is 2.21. The third kappa shape index (κ3) is 3.67. The number of ether oxygens (including phenoxy) is 1. The molecule has 1 N–H and O–H groups in total. The largest absolute Gasteiger partial charge is 0.368 e. The van der Waals surface area contributed by atoms with E-state index in [9.17, 15) is 4.79 Å². The first-order valence-corrected chi connectivity index (χ1v) is 6.46. The van der Waals surface area contributed by atoms with Crippen molar-refractivity contribution >= 4 is 5.91 Å². The van der Waals surface area contributed by atoms with Crippen molar-refractivity contribution < 1.29 is 14.4 Å². The van der Waals surface area contributed by atoms with Crippen LogP contribution >= 0.6 is 0 Å². The summed E-state index contributed by atoms with van der Waals surface area (Å²) in [5.41, 5.74) is -0.736. The second kappa shape index (κ2) is 5.99. The molecule has 1 heterocycles. The smallest absolute Gasteiger partial charge is 0.278 e. The molecule has 0 saturated carbocycles. The second-order valence-electron chi connectivity index (χ2n) is 6.03. The van der Waals surface area contributed by atoms with Gasteiger partial charge in [-0.3, -0.25) is 9.63 Å². The highest BCUT2D eigenvalue weighted by Gasteiger charge is 2.43. The average molecular weight is 258 g/mol. The zero-order chi connectivity index (χ0) is 13.8. The number of hydrogen-bond donors (Lipinski definition) is 1. The highest BCUT2D eigenvalue weighted by atomic mass is 16.7. The Kier molecular flexibility index (Phi) is 5.13. The summed E-state index contributed by atoms with van der Waals surface area (Å²) in [6.45, 7) is 8.39. The molecule has 0 aromatic carbocycles. The molecular weight excluding hydrogens is 232 g/mol. The van der Waals surface area contributed by atoms with Crippen molar-refractivity contribution in [3.63, 3.8) is 0 Å². The Balaban J connectivity index is 2.80. The van der Waals surface area contributed by atoms with Crippen molar-refractivity contribution in [2.24, 2.45) is 5.41 Å². The highest BCUT2D eigenvalue weighted by Crippen LogP contribution is 2.27. The van der Waals surface area contributed by atoms with Crippen LogP contribution in [0.15, 0.2) is 0 Å². The Morgan fingerprint density at radius 2 is 1.83 bits per heavy atom. The van der Waals surface area contributed by atoms with Gasteiger partial charge in [0.2, 0.25) is 0 Å². The molecule has 0 unspecified atom stereocenters. The van der Waals surface area contributed by atoms with E-state index in [1.165, 1.54) is 12.2 Å². The Hall–Kier alpha value is -0.650. The van der Waals surface area contributed by atoms with Crippen LogP contribution in [-0.2, 0) is 14.4 Å². The lowest BCUT2D eigenvalue weighted by Gasteiger charge is -2.39. The molecule has 1 saturated heterocycles. The monoisotopic (exact) mass is 258 g/mol. The minimum absolute atomic E-state index is 0.00643. The first-order chi connectivity index (χ1) is 8.34. The van der Waals surface area contributed by atoms with E-state index >= 15 is 0 Å². The van der Waals surface area contributed by atoms with Gasteiger partial charge in [-0.1, -0.05) is 20.8 Å². The van der Waals surface area contributed by atoms with Crippen molar-refractivity contribution in [3.8, 4) is 0 Å². The SMILES string of the molecule is CON(CC(C)(C)C)C(=O)C1(OC)CCNCC1. The molecule has 0 aromatic heterocycles. The zero-order valence-corrected chi connectivity index (χ0v) is 12.2. The van der Waals surface area contributed by atoms with Gasteiger partial charge in [-0.2, -0.15) is 0 Å². The Morgan fingerprint density at radius 3 is 2.22 bits per heavy atom. The number of rotatable bonds is 4. The summed E-state index contributed by atoms with van der Waals surface area (Å²) in [5.74, 6) is -0.0658. The van der Waals surface area contributed by atoms with Gasteiger partial charge in [0.1, 0.15) is 0 Å². The molecular formula is C13H26N2O3. The lowest BCUT2D eigenvalue weighted by Crippen LogP contribution is -2.56. The molecule has 1 fully saturated rings. The van der Waals surface area contributed by atoms with Crippen molar-refractivity contribution in [1.29, 1.82) is 0 Å². The lowest BCUT2D eigenvalue weighted by molar-refractivity contribution is -0.206. The Labute approximate surface area is 110 Å². The molecule has 0 spiro atoms. The van der Waals surface area contributed by atoms with Crippen molar-refractivity contribution in [1.82, 2.24) is 10.4 Å². The standard InChI is InChI=1S/C13H26N2O3/c1-12(2,3)10-15(18-5)11(16)13(17-4)6-8-14-9-7-13/h14H,6-10H2,1-5H3. The van der Waals surface area contributed by atoms with Crippen LogP contribution in [0.4, 0.5) is 0 Å². The number of hydroxylamine groups is 2. The number of hydrogen-bond acceptors (Lipinski definition) is 4. The predicted octanol–water partition coefficient (Wildman–Crippen LogP) is 1.19. The van der Waals surface area contributed by atoms with Crippen LogP contribution in [-0.4, -0.2) is 50.4 Å². The van der Waals surface area contributed by atoms with Gasteiger partial charge in [-0.25, -0.2) is 5.06 Å². The Bertz CT molecular complexity index is 280. The maximum absolute atomic E-state index is 12.6. The van der Waals surface area contributed by atoms with Gasteiger partial charge in [0.05, 0.1) is 13.7 Å². The summed E-state index contributed by atoms with van der Waals surface area (Å²) in [4.78, 5) is 17.9. The van der Waals surface area contributed by atoms with Crippen LogP contribution < -0.4 is 5.32 Å². The van der Waals surface area contributed by atoms with E-state index in [2.05, 4.69) is 26.1 Å². The van der Waals surface area contributed by atoms with Gasteiger partial charge < -0.3 is 10.1 Å². The van der Waals surface area contributed by atoms with E-state index in [-0.39, 0.29) is 11.3 Å². The van der Waals surface area contributed by atoms with Gasteiger partial charge >= 0.3 is 0 Å². The molecule has 0 bridgehead atoms. The van der Waals surface area contributed by atoms with E-state index in [1.54, 1.807) is 7.11 Å². The summed E-state index contributed by atoms with van der Waals surface area (Å²) in [5, 5.41) is 4.68. The first-order valence-electron chi connectivity index (χ1n) is 6.46. The molecule has 0 atom stereocenters. The van der Waals surface area contributed by atoms with Crippen molar-refractivity contribution in [3.05, 3.63) is 0 Å². The molecule has 18 heavy (non-hydrogen) atoms. The van der Waals surface area contributed by atoms with E-state index in [4.69, 9.17) is 9.57 Å². The van der Waals surface area contributed by atoms with Crippen LogP contribution in [0.2, 0.25) is 0 Å². The lowest BCUT2D eigenvalue weighted by atomic mass is 9.89. The van der Waals surface area contributed by atoms with Gasteiger partial charge in [-0.15, -0.1) is 0 Å². The van der Waals surface area contributed by atoms with Crippen LogP contribution in [0.1, 0.15) is 33.6 Å². The zero-order valence-electron chi connectivity index (χ0n) is 12.2. The fourth-order valence-corrected chi connectivity index (χ4v) is 2.21. The van der Waals surface area contributed by atoms with Crippen LogP contribution in [0.3, 0.4) is 0 Å². The molecule has 0 aromatic rings. The van der Waals surface area contributed by atoms with Gasteiger partial charge in [0.25, 0.3) is 5.91 Å². The van der Waals surface area contributed by atoms with Gasteiger partial charge in [0, 0.05) is 7.11 Å². The number of nitrogens with zero attached hydrogens (tertiary/aromatic N) is 1. The van der Waals surface area contributed by atoms with E-state index in [0.29, 0.717) is 19.4 Å². The molecule has 1 amide bonds. The molecule has 1 aliphatic rings. The maximum Gasteiger partial charge on any atom is 0.278 e. The fraction of sp³-hybridized carbons (Fsp3) is 0.923. The topological polar surface area (TPSA) is 50.8 Å². The minimum atomic E-state index is -0.730. The second-order valence-corrected chi connectivity index (χ2v) is 6.03. The average Bonchev–Trinajstić information content (AvgIpc) is 2.35. The van der Waals surface area contributed by atoms with Crippen LogP contribution in [0, 0.1) is 5.41 Å². The van der Waals surface area contributed by atoms with Crippen LogP contribution in [0.25, 0.3) is 0 Å². The van der Waals surface area contributed by atoms with Crippen LogP contribution in [0.5, 0.6) is 0 Å². The summed E-state index contributed by atoms with van der Waals surface area (Å²) in [6.07, 6.45) is 1.37. The van der Waals surface area contributed by atoms with Crippen molar-refractivity contribution in [2.45, 2.75) is 39.2 Å². The molecule has 106 valence electrons. The number of piperidine rings is 1. The minimum Gasteiger partial charge on any atom is -0.368 e. The number of amides is 1. The normalized spacial score (nSPS) is 19.6. The van der Waals surface area contributed by atoms with E-state index < -0.39 is 5.60 Å². The van der Waals surface area contributed by atoms with Gasteiger partial charge in [-0.05, 0) is 31.3 Å². The molecule has 0 aliphatic carbocycles. The first kappa shape index (κ1) is 15.4. The highest BCUT2D eigenvalue weighted by molar-refractivity contribution is 5.84. The Morgan fingerprint density at radius 1 is 1.28 bits per heavy atom. The number of carbonyl (C=O) groups is 1. The quantitative estimate of drug-likeness (QED) is 0.770. The van der Waals surface area contributed by atoms with Crippen molar-refractivity contribution in [2.75, 3.05) is 33.9 Å². The van der Waals surface area contributed by atoms with E-state index in [0.717, 1.165) is 13.1 Å². The third-order valence-corrected chi connectivity index (χ3v) is 3.26. The van der Waals surface area contributed by atoms with Gasteiger partial charge in [0.15, 0.2) is 5.60 Å². The number of methoxy groups -OCH3 is 1. The summed E-state index contributed by atoms with van der Waals surface area (Å²) >= 11 is 0. The summed E-state index contributed by atoms with van der Waals surface area (Å²) < 4.78 is 5.53. The predicted molar refractivity (Wildman–Crippen MR) is 70.0 cm³/mol. The molecule has 0 radical (unpaired) electrons. The number of carbonyl (C=O) groups excluding carboxylic acids is 1. The summed E-state index contributed by atoms with van der Waals surface area (Å²) in [7, 11) is 3.14.